The van der Waals surface area contributed by atoms with Crippen molar-refractivity contribution in [1.82, 2.24) is 14.1 Å². The molecule has 0 unspecified atom stereocenters. The van der Waals surface area contributed by atoms with E-state index in [4.69, 9.17) is 9.47 Å². The van der Waals surface area contributed by atoms with Crippen LogP contribution in [0.5, 0.6) is 11.5 Å². The number of hydrogen-bond donors (Lipinski definition) is 1. The summed E-state index contributed by atoms with van der Waals surface area (Å²) in [7, 11) is -2.22. The van der Waals surface area contributed by atoms with Crippen molar-refractivity contribution in [2.24, 2.45) is 0 Å². The van der Waals surface area contributed by atoms with Crippen LogP contribution in [-0.4, -0.2) is 38.1 Å². The molecule has 0 radical (unpaired) electrons. The largest absolute Gasteiger partial charge is 0.495 e. The minimum Gasteiger partial charge on any atom is -0.495 e. The number of benzene rings is 1. The number of fused-ring (bicyclic) bond motifs is 1. The van der Waals surface area contributed by atoms with Crippen LogP contribution in [0.3, 0.4) is 0 Å². The number of aryl methyl sites for hydroxylation is 1. The summed E-state index contributed by atoms with van der Waals surface area (Å²) in [5.41, 5.74) is 2.35. The molecule has 0 amide bonds. The second-order valence-electron chi connectivity index (χ2n) is 6.07. The van der Waals surface area contributed by atoms with Gasteiger partial charge in [0.15, 0.2) is 11.4 Å². The third-order valence-corrected chi connectivity index (χ3v) is 5.56. The highest BCUT2D eigenvalue weighted by Crippen LogP contribution is 2.24. The Balaban J connectivity index is 1.73. The Morgan fingerprint density at radius 1 is 1.22 bits per heavy atom. The summed E-state index contributed by atoms with van der Waals surface area (Å²) in [4.78, 5) is 4.69. The molecule has 0 saturated carbocycles. The average molecular weight is 389 g/mol. The van der Waals surface area contributed by atoms with E-state index in [1.807, 2.05) is 48.8 Å². The molecule has 1 aromatic carbocycles. The molecule has 0 aliphatic carbocycles. The van der Waals surface area contributed by atoms with Gasteiger partial charge in [-0.05, 0) is 43.7 Å². The highest BCUT2D eigenvalue weighted by molar-refractivity contribution is 7.89. The van der Waals surface area contributed by atoms with E-state index in [0.717, 1.165) is 16.9 Å². The lowest BCUT2D eigenvalue weighted by molar-refractivity contribution is 0.342. The van der Waals surface area contributed by atoms with Gasteiger partial charge in [0.05, 0.1) is 19.4 Å². The van der Waals surface area contributed by atoms with Crippen molar-refractivity contribution in [3.05, 3.63) is 54.0 Å². The Bertz CT molecular complexity index is 1040. The van der Waals surface area contributed by atoms with Gasteiger partial charge in [0.1, 0.15) is 10.6 Å². The van der Waals surface area contributed by atoms with Crippen LogP contribution in [-0.2, 0) is 16.4 Å². The number of ether oxygens (including phenoxy) is 2. The molecular weight excluding hydrogens is 366 g/mol. The zero-order valence-corrected chi connectivity index (χ0v) is 16.4. The first-order valence-electron chi connectivity index (χ1n) is 8.68. The van der Waals surface area contributed by atoms with Crippen LogP contribution >= 0.6 is 0 Å². The van der Waals surface area contributed by atoms with E-state index in [0.29, 0.717) is 24.5 Å². The molecule has 2 heterocycles. The summed E-state index contributed by atoms with van der Waals surface area (Å²) < 4.78 is 40.5. The maximum Gasteiger partial charge on any atom is 0.244 e. The first kappa shape index (κ1) is 19.2. The minimum absolute atomic E-state index is 0.138. The van der Waals surface area contributed by atoms with Gasteiger partial charge in [-0.25, -0.2) is 18.1 Å². The van der Waals surface area contributed by atoms with Gasteiger partial charge >= 0.3 is 0 Å². The highest BCUT2D eigenvalue weighted by Gasteiger charge is 2.19. The smallest absolute Gasteiger partial charge is 0.244 e. The molecule has 7 nitrogen and oxygen atoms in total. The van der Waals surface area contributed by atoms with Crippen molar-refractivity contribution in [1.29, 1.82) is 0 Å². The summed E-state index contributed by atoms with van der Waals surface area (Å²) in [6, 6.07) is 8.81. The molecule has 0 bridgehead atoms. The number of aromatic nitrogens is 2. The third-order valence-electron chi connectivity index (χ3n) is 4.08. The Morgan fingerprint density at radius 2 is 2.04 bits per heavy atom. The lowest BCUT2D eigenvalue weighted by atomic mass is 10.2. The lowest BCUT2D eigenvalue weighted by Crippen LogP contribution is -2.26. The number of imidazole rings is 1. The molecule has 1 N–H and O–H groups in total. The number of rotatable bonds is 8. The molecule has 0 aliphatic heterocycles. The van der Waals surface area contributed by atoms with Crippen molar-refractivity contribution in [2.75, 3.05) is 20.3 Å². The molecule has 0 fully saturated rings. The van der Waals surface area contributed by atoms with Crippen LogP contribution in [0.4, 0.5) is 0 Å². The lowest BCUT2D eigenvalue weighted by Gasteiger charge is -2.11. The number of nitrogens with zero attached hydrogens (tertiary/aromatic N) is 2. The van der Waals surface area contributed by atoms with Crippen molar-refractivity contribution >= 4 is 15.7 Å². The van der Waals surface area contributed by atoms with Crippen LogP contribution in [0.2, 0.25) is 0 Å². The van der Waals surface area contributed by atoms with Crippen molar-refractivity contribution in [3.8, 4) is 11.5 Å². The summed E-state index contributed by atoms with van der Waals surface area (Å²) in [5.74, 6) is 1.03. The second-order valence-corrected chi connectivity index (χ2v) is 7.81. The highest BCUT2D eigenvalue weighted by atomic mass is 32.2. The number of nitrogens with one attached hydrogen (secondary N) is 1. The van der Waals surface area contributed by atoms with E-state index in [-0.39, 0.29) is 11.4 Å². The molecule has 2 aromatic heterocycles. The third kappa shape index (κ3) is 4.23. The standard InChI is InChI=1S/C19H23N3O4S/c1-4-26-17-6-5-11-22-13-15(21-19(17)22)9-10-20-27(23,24)18-12-14(2)7-8-16(18)25-3/h5-8,11-13,20H,4,9-10H2,1-3H3. The number of sulfonamides is 1. The SMILES string of the molecule is CCOc1cccn2cc(CCNS(=O)(=O)c3cc(C)ccc3OC)nc12. The topological polar surface area (TPSA) is 81.9 Å². The Labute approximate surface area is 159 Å². The molecule has 0 saturated heterocycles. The Morgan fingerprint density at radius 3 is 2.78 bits per heavy atom. The number of methoxy groups -OCH3 is 1. The fourth-order valence-corrected chi connectivity index (χ4v) is 4.10. The normalized spacial score (nSPS) is 11.7. The summed E-state index contributed by atoms with van der Waals surface area (Å²) in [5, 5.41) is 0. The van der Waals surface area contributed by atoms with Gasteiger partial charge < -0.3 is 13.9 Å². The summed E-state index contributed by atoms with van der Waals surface area (Å²) >= 11 is 0. The van der Waals surface area contributed by atoms with E-state index in [1.54, 1.807) is 12.1 Å². The number of pyridine rings is 1. The monoisotopic (exact) mass is 389 g/mol. The predicted octanol–water partition coefficient (Wildman–Crippen LogP) is 2.57. The van der Waals surface area contributed by atoms with Crippen LogP contribution < -0.4 is 14.2 Å². The molecule has 0 aliphatic rings. The molecule has 27 heavy (non-hydrogen) atoms. The van der Waals surface area contributed by atoms with Crippen LogP contribution in [0, 0.1) is 6.92 Å². The number of hydrogen-bond acceptors (Lipinski definition) is 5. The van der Waals surface area contributed by atoms with E-state index in [9.17, 15) is 8.42 Å². The quantitative estimate of drug-likeness (QED) is 0.640. The molecule has 0 atom stereocenters. The van der Waals surface area contributed by atoms with Gasteiger partial charge in [0.25, 0.3) is 0 Å². The molecule has 8 heteroatoms. The van der Waals surface area contributed by atoms with Gasteiger partial charge in [0, 0.05) is 25.4 Å². The van der Waals surface area contributed by atoms with Crippen molar-refractivity contribution in [2.45, 2.75) is 25.2 Å². The minimum atomic E-state index is -3.68. The molecule has 0 spiro atoms. The molecule has 3 rings (SSSR count). The first-order valence-corrected chi connectivity index (χ1v) is 10.2. The van der Waals surface area contributed by atoms with Crippen LogP contribution in [0.25, 0.3) is 5.65 Å². The van der Waals surface area contributed by atoms with E-state index < -0.39 is 10.0 Å². The predicted molar refractivity (Wildman–Crippen MR) is 103 cm³/mol. The first-order chi connectivity index (χ1) is 12.9. The Hall–Kier alpha value is -2.58. The molecular formula is C19H23N3O4S. The maximum atomic E-state index is 12.6. The molecule has 144 valence electrons. The molecule has 3 aromatic rings. The summed E-state index contributed by atoms with van der Waals surface area (Å²) in [6.45, 7) is 4.54. The zero-order valence-electron chi connectivity index (χ0n) is 15.6. The fourth-order valence-electron chi connectivity index (χ4n) is 2.81. The fraction of sp³-hybridized carbons (Fsp3) is 0.316. The summed E-state index contributed by atoms with van der Waals surface area (Å²) in [6.07, 6.45) is 4.22. The van der Waals surface area contributed by atoms with Crippen molar-refractivity contribution < 1.29 is 17.9 Å². The van der Waals surface area contributed by atoms with E-state index >= 15 is 0 Å². The van der Waals surface area contributed by atoms with E-state index in [2.05, 4.69) is 9.71 Å². The average Bonchev–Trinajstić information content (AvgIpc) is 3.06. The van der Waals surface area contributed by atoms with Gasteiger partial charge in [-0.2, -0.15) is 0 Å². The van der Waals surface area contributed by atoms with Gasteiger partial charge in [-0.1, -0.05) is 6.07 Å². The van der Waals surface area contributed by atoms with E-state index in [1.165, 1.54) is 7.11 Å². The Kier molecular flexibility index (Phi) is 5.67. The maximum absolute atomic E-state index is 12.6. The van der Waals surface area contributed by atoms with Crippen LogP contribution in [0.15, 0.2) is 47.6 Å². The van der Waals surface area contributed by atoms with Gasteiger partial charge in [-0.15, -0.1) is 0 Å². The van der Waals surface area contributed by atoms with Crippen LogP contribution in [0.1, 0.15) is 18.2 Å². The van der Waals surface area contributed by atoms with Gasteiger partial charge in [0.2, 0.25) is 10.0 Å². The zero-order chi connectivity index (χ0) is 19.4. The van der Waals surface area contributed by atoms with Crippen molar-refractivity contribution in [3.63, 3.8) is 0 Å². The van der Waals surface area contributed by atoms with Gasteiger partial charge in [-0.3, -0.25) is 0 Å². The second kappa shape index (κ2) is 7.98.